The topological polar surface area (TPSA) is 76.0 Å². The number of esters is 1. The molecular weight excluding hydrogens is 332 g/mol. The van der Waals surface area contributed by atoms with E-state index in [4.69, 9.17) is 9.47 Å². The van der Waals surface area contributed by atoms with Crippen LogP contribution in [0.4, 0.5) is 0 Å². The van der Waals surface area contributed by atoms with E-state index in [1.807, 2.05) is 13.0 Å². The Kier molecular flexibility index (Phi) is 5.74. The fraction of sp³-hybridized carbons (Fsp3) is 0.571. The molecule has 1 fully saturated rings. The molecule has 26 heavy (non-hydrogen) atoms. The zero-order chi connectivity index (χ0) is 18.7. The number of aliphatic hydroxyl groups is 1. The zero-order valence-electron chi connectivity index (χ0n) is 15.6. The minimum atomic E-state index is -0.349. The first kappa shape index (κ1) is 18.6. The number of ether oxygens (including phenoxy) is 2. The highest BCUT2D eigenvalue weighted by Gasteiger charge is 2.35. The van der Waals surface area contributed by atoms with Gasteiger partial charge in [0, 0.05) is 12.5 Å². The van der Waals surface area contributed by atoms with E-state index in [-0.39, 0.29) is 29.5 Å². The van der Waals surface area contributed by atoms with Crippen molar-refractivity contribution in [3.63, 3.8) is 0 Å². The second kappa shape index (κ2) is 8.02. The number of aryl methyl sites for hydroxylation is 2. The number of hydrogen-bond donors (Lipinski definition) is 2. The van der Waals surface area contributed by atoms with Gasteiger partial charge in [-0.15, -0.1) is 0 Å². The Morgan fingerprint density at radius 1 is 1.19 bits per heavy atom. The van der Waals surface area contributed by atoms with E-state index in [2.05, 4.69) is 0 Å². The van der Waals surface area contributed by atoms with Gasteiger partial charge in [-0.1, -0.05) is 19.8 Å². The summed E-state index contributed by atoms with van der Waals surface area (Å²) in [4.78, 5) is 12.4. The molecule has 1 aliphatic carbocycles. The number of carbonyl (C=O) groups is 1. The summed E-state index contributed by atoms with van der Waals surface area (Å²) >= 11 is 0. The van der Waals surface area contributed by atoms with Gasteiger partial charge >= 0.3 is 5.97 Å². The number of rotatable bonds is 6. The van der Waals surface area contributed by atoms with Gasteiger partial charge in [-0.05, 0) is 55.2 Å². The largest absolute Gasteiger partial charge is 0.512 e. The smallest absolute Gasteiger partial charge is 0.337 e. The van der Waals surface area contributed by atoms with Gasteiger partial charge in [0.1, 0.15) is 23.4 Å². The fourth-order valence-electron chi connectivity index (χ4n) is 4.13. The lowest BCUT2D eigenvalue weighted by Gasteiger charge is -2.27. The Bertz CT molecular complexity index is 701. The van der Waals surface area contributed by atoms with Crippen LogP contribution in [0.5, 0.6) is 11.5 Å². The van der Waals surface area contributed by atoms with Crippen LogP contribution < -0.4 is 4.74 Å². The van der Waals surface area contributed by atoms with Crippen molar-refractivity contribution in [3.05, 3.63) is 34.6 Å². The van der Waals surface area contributed by atoms with E-state index in [0.29, 0.717) is 30.6 Å². The van der Waals surface area contributed by atoms with Crippen molar-refractivity contribution in [2.24, 2.45) is 5.92 Å². The summed E-state index contributed by atoms with van der Waals surface area (Å²) in [6.45, 7) is 1.99. The molecule has 0 bridgehead atoms. The molecule has 0 aromatic heterocycles. The van der Waals surface area contributed by atoms with E-state index in [1.54, 1.807) is 13.2 Å². The number of aromatic hydroxyl groups is 1. The standard InChI is InChI=1S/C21H28O5/c1-3-13-10-15(19(25-2)12-17(13)22)8-9-16-11-18(23)20(21(24)26-16)14-6-4-5-7-14/h10,12,14,16,22-23H,3-9,11H2,1-2H3. The van der Waals surface area contributed by atoms with Gasteiger partial charge in [-0.3, -0.25) is 0 Å². The van der Waals surface area contributed by atoms with Gasteiger partial charge in [0.05, 0.1) is 12.7 Å². The molecule has 0 spiro atoms. The van der Waals surface area contributed by atoms with Crippen LogP contribution in [0.15, 0.2) is 23.5 Å². The van der Waals surface area contributed by atoms with Crippen LogP contribution in [0.1, 0.15) is 56.6 Å². The molecule has 1 aromatic carbocycles. The van der Waals surface area contributed by atoms with Crippen molar-refractivity contribution in [1.82, 2.24) is 0 Å². The first-order chi connectivity index (χ1) is 12.5. The highest BCUT2D eigenvalue weighted by molar-refractivity contribution is 5.90. The number of phenolic OH excluding ortho intramolecular Hbond substituents is 1. The summed E-state index contributed by atoms with van der Waals surface area (Å²) in [5.41, 5.74) is 2.35. The van der Waals surface area contributed by atoms with Gasteiger partial charge in [0.25, 0.3) is 0 Å². The lowest BCUT2D eigenvalue weighted by Crippen LogP contribution is -2.29. The van der Waals surface area contributed by atoms with Crippen molar-refractivity contribution >= 4 is 5.97 Å². The van der Waals surface area contributed by atoms with Crippen LogP contribution in [-0.4, -0.2) is 29.4 Å². The van der Waals surface area contributed by atoms with Crippen LogP contribution in [0.25, 0.3) is 0 Å². The lowest BCUT2D eigenvalue weighted by molar-refractivity contribution is -0.147. The van der Waals surface area contributed by atoms with Crippen molar-refractivity contribution in [1.29, 1.82) is 0 Å². The Hall–Kier alpha value is -2.17. The first-order valence-electron chi connectivity index (χ1n) is 9.55. The van der Waals surface area contributed by atoms with Crippen molar-refractivity contribution in [2.45, 2.75) is 64.4 Å². The minimum Gasteiger partial charge on any atom is -0.512 e. The first-order valence-corrected chi connectivity index (χ1v) is 9.55. The van der Waals surface area contributed by atoms with Gasteiger partial charge in [-0.25, -0.2) is 4.79 Å². The van der Waals surface area contributed by atoms with Crippen LogP contribution in [0.3, 0.4) is 0 Å². The lowest BCUT2D eigenvalue weighted by atomic mass is 9.91. The van der Waals surface area contributed by atoms with Crippen molar-refractivity contribution in [3.8, 4) is 11.5 Å². The number of carbonyl (C=O) groups excluding carboxylic acids is 1. The average molecular weight is 360 g/mol. The van der Waals surface area contributed by atoms with E-state index in [0.717, 1.165) is 43.2 Å². The predicted octanol–water partition coefficient (Wildman–Crippen LogP) is 4.21. The number of benzene rings is 1. The van der Waals surface area contributed by atoms with Crippen LogP contribution >= 0.6 is 0 Å². The Morgan fingerprint density at radius 2 is 1.92 bits per heavy atom. The van der Waals surface area contributed by atoms with E-state index in [9.17, 15) is 15.0 Å². The second-order valence-corrected chi connectivity index (χ2v) is 7.26. The average Bonchev–Trinajstić information content (AvgIpc) is 3.13. The van der Waals surface area contributed by atoms with Crippen molar-refractivity contribution < 1.29 is 24.5 Å². The number of methoxy groups -OCH3 is 1. The number of cyclic esters (lactones) is 1. The third-order valence-corrected chi connectivity index (χ3v) is 5.59. The summed E-state index contributed by atoms with van der Waals surface area (Å²) < 4.78 is 11.0. The number of hydrogen-bond acceptors (Lipinski definition) is 5. The highest BCUT2D eigenvalue weighted by atomic mass is 16.5. The van der Waals surface area contributed by atoms with E-state index in [1.165, 1.54) is 0 Å². The molecule has 5 nitrogen and oxygen atoms in total. The molecular formula is C21H28O5. The van der Waals surface area contributed by atoms with Gasteiger partial charge in [-0.2, -0.15) is 0 Å². The summed E-state index contributed by atoms with van der Waals surface area (Å²) in [6.07, 6.45) is 6.20. The number of phenols is 1. The molecule has 1 heterocycles. The number of aliphatic hydroxyl groups excluding tert-OH is 1. The molecule has 2 N–H and O–H groups in total. The van der Waals surface area contributed by atoms with Gasteiger partial charge < -0.3 is 19.7 Å². The molecule has 5 heteroatoms. The Labute approximate surface area is 154 Å². The molecule has 0 radical (unpaired) electrons. The molecule has 0 amide bonds. The van der Waals surface area contributed by atoms with Gasteiger partial charge in [0.15, 0.2) is 0 Å². The summed E-state index contributed by atoms with van der Waals surface area (Å²) in [7, 11) is 1.58. The molecule has 1 atom stereocenters. The fourth-order valence-corrected chi connectivity index (χ4v) is 4.13. The molecule has 2 aliphatic rings. The molecule has 1 saturated carbocycles. The molecule has 1 unspecified atom stereocenters. The monoisotopic (exact) mass is 360 g/mol. The van der Waals surface area contributed by atoms with Crippen LogP contribution in [0.2, 0.25) is 0 Å². The summed E-state index contributed by atoms with van der Waals surface area (Å²) in [5.74, 6) is 0.891. The Balaban J connectivity index is 1.69. The maximum Gasteiger partial charge on any atom is 0.337 e. The normalized spacial score (nSPS) is 21.2. The highest BCUT2D eigenvalue weighted by Crippen LogP contribution is 2.37. The van der Waals surface area contributed by atoms with E-state index < -0.39 is 0 Å². The minimum absolute atomic E-state index is 0.160. The molecule has 0 saturated heterocycles. The molecule has 1 aromatic rings. The SMILES string of the molecule is CCc1cc(CCC2CC(O)=C(C3CCCC3)C(=O)O2)c(OC)cc1O. The molecule has 142 valence electrons. The van der Waals surface area contributed by atoms with Gasteiger partial charge in [0.2, 0.25) is 0 Å². The quantitative estimate of drug-likeness (QED) is 0.743. The summed E-state index contributed by atoms with van der Waals surface area (Å²) in [5, 5.41) is 20.4. The Morgan fingerprint density at radius 3 is 2.54 bits per heavy atom. The maximum atomic E-state index is 12.4. The molecule has 1 aliphatic heterocycles. The van der Waals surface area contributed by atoms with E-state index >= 15 is 0 Å². The second-order valence-electron chi connectivity index (χ2n) is 7.26. The van der Waals surface area contributed by atoms with Crippen LogP contribution in [0, 0.1) is 5.92 Å². The zero-order valence-corrected chi connectivity index (χ0v) is 15.6. The third kappa shape index (κ3) is 3.81. The maximum absolute atomic E-state index is 12.4. The summed E-state index contributed by atoms with van der Waals surface area (Å²) in [6, 6.07) is 3.58. The van der Waals surface area contributed by atoms with Crippen molar-refractivity contribution in [2.75, 3.05) is 7.11 Å². The van der Waals surface area contributed by atoms with Crippen LogP contribution in [-0.2, 0) is 22.4 Å². The molecule has 3 rings (SSSR count). The predicted molar refractivity (Wildman–Crippen MR) is 98.5 cm³/mol. The third-order valence-electron chi connectivity index (χ3n) is 5.59.